The van der Waals surface area contributed by atoms with Crippen LogP contribution in [-0.2, 0) is 12.8 Å². The molecule has 0 bridgehead atoms. The fourth-order valence-electron chi connectivity index (χ4n) is 2.29. The van der Waals surface area contributed by atoms with E-state index in [2.05, 4.69) is 5.16 Å². The molecule has 6 heteroatoms. The fraction of sp³-hybridized carbons (Fsp3) is 0.438. The maximum Gasteiger partial charge on any atom is 0.417 e. The first-order valence-electron chi connectivity index (χ1n) is 7.28. The highest BCUT2D eigenvalue weighted by Crippen LogP contribution is 2.45. The topological polar surface area (TPSA) is 46.3 Å². The zero-order valence-corrected chi connectivity index (χ0v) is 12.4. The third-order valence-electron chi connectivity index (χ3n) is 3.41. The molecule has 1 aliphatic rings. The van der Waals surface area contributed by atoms with Gasteiger partial charge in [0.15, 0.2) is 0 Å². The Hall–Kier alpha value is -1.82. The molecule has 2 aromatic rings. The number of hydrogen-bond donors (Lipinski definition) is 1. The zero-order chi connectivity index (χ0) is 16.3. The Kier molecular flexibility index (Phi) is 4.90. The summed E-state index contributed by atoms with van der Waals surface area (Å²) >= 11 is 0. The Balaban J connectivity index is 0.000000847. The Morgan fingerprint density at radius 1 is 1.23 bits per heavy atom. The largest absolute Gasteiger partial charge is 0.417 e. The van der Waals surface area contributed by atoms with Crippen LogP contribution >= 0.6 is 0 Å². The molecule has 0 atom stereocenters. The van der Waals surface area contributed by atoms with Crippen LogP contribution in [0.1, 0.15) is 49.5 Å². The summed E-state index contributed by atoms with van der Waals surface area (Å²) in [6.07, 6.45) is -2.63. The molecule has 3 rings (SSSR count). The molecule has 1 N–H and O–H groups in total. The highest BCUT2D eigenvalue weighted by atomic mass is 19.4. The first kappa shape index (κ1) is 16.5. The summed E-state index contributed by atoms with van der Waals surface area (Å²) in [7, 11) is 0. The summed E-state index contributed by atoms with van der Waals surface area (Å²) in [5, 5.41) is 13.2. The molecule has 0 unspecified atom stereocenters. The SMILES string of the molecule is CC.OCc1c(-c2ccccc2C(F)(F)F)noc1C1CC1. The summed E-state index contributed by atoms with van der Waals surface area (Å²) in [6, 6.07) is 5.18. The molecule has 0 amide bonds. The monoisotopic (exact) mass is 313 g/mol. The van der Waals surface area contributed by atoms with Crippen molar-refractivity contribution in [1.82, 2.24) is 5.16 Å². The third-order valence-corrected chi connectivity index (χ3v) is 3.41. The van der Waals surface area contributed by atoms with Crippen molar-refractivity contribution in [2.45, 2.75) is 45.4 Å². The van der Waals surface area contributed by atoms with Gasteiger partial charge in [-0.2, -0.15) is 13.2 Å². The van der Waals surface area contributed by atoms with Gasteiger partial charge in [0.2, 0.25) is 0 Å². The minimum absolute atomic E-state index is 0.0558. The summed E-state index contributed by atoms with van der Waals surface area (Å²) in [5.74, 6) is 0.691. The average Bonchev–Trinajstić information content (AvgIpc) is 3.27. The summed E-state index contributed by atoms with van der Waals surface area (Å²) in [6.45, 7) is 3.62. The Labute approximate surface area is 126 Å². The van der Waals surface area contributed by atoms with E-state index in [-0.39, 0.29) is 23.8 Å². The standard InChI is InChI=1S/C14H12F3NO2.C2H6/c15-14(16,17)11-4-2-1-3-9(11)12-10(7-19)13(20-18-12)8-5-6-8;1-2/h1-4,8,19H,5-7H2;1-2H3. The molecular formula is C16H18F3NO2. The maximum absolute atomic E-state index is 13.0. The van der Waals surface area contributed by atoms with E-state index in [9.17, 15) is 18.3 Å². The fourth-order valence-corrected chi connectivity index (χ4v) is 2.29. The lowest BCUT2D eigenvalue weighted by atomic mass is 9.99. The minimum atomic E-state index is -4.47. The van der Waals surface area contributed by atoms with Crippen LogP contribution in [0, 0.1) is 0 Å². The van der Waals surface area contributed by atoms with Crippen LogP contribution in [0.2, 0.25) is 0 Å². The van der Waals surface area contributed by atoms with E-state index in [0.29, 0.717) is 11.3 Å². The van der Waals surface area contributed by atoms with E-state index in [1.807, 2.05) is 13.8 Å². The predicted molar refractivity (Wildman–Crippen MR) is 76.2 cm³/mol. The zero-order valence-electron chi connectivity index (χ0n) is 12.4. The number of nitrogens with zero attached hydrogens (tertiary/aromatic N) is 1. The number of aromatic nitrogens is 1. The maximum atomic E-state index is 13.0. The first-order valence-corrected chi connectivity index (χ1v) is 7.28. The van der Waals surface area contributed by atoms with Gasteiger partial charge in [-0.1, -0.05) is 37.2 Å². The molecule has 1 saturated carbocycles. The number of aliphatic hydroxyl groups is 1. The lowest BCUT2D eigenvalue weighted by Crippen LogP contribution is -2.07. The quantitative estimate of drug-likeness (QED) is 0.889. The van der Waals surface area contributed by atoms with Crippen molar-refractivity contribution in [3.05, 3.63) is 41.2 Å². The van der Waals surface area contributed by atoms with Gasteiger partial charge in [-0.25, -0.2) is 0 Å². The van der Waals surface area contributed by atoms with E-state index in [1.54, 1.807) is 0 Å². The Morgan fingerprint density at radius 2 is 1.86 bits per heavy atom. The number of benzene rings is 1. The molecule has 0 saturated heterocycles. The summed E-state index contributed by atoms with van der Waals surface area (Å²) < 4.78 is 44.2. The van der Waals surface area contributed by atoms with E-state index in [0.717, 1.165) is 18.9 Å². The molecule has 1 fully saturated rings. The van der Waals surface area contributed by atoms with Crippen LogP contribution < -0.4 is 0 Å². The smallest absolute Gasteiger partial charge is 0.391 e. The van der Waals surface area contributed by atoms with Gasteiger partial charge in [-0.3, -0.25) is 0 Å². The molecule has 0 spiro atoms. The molecule has 3 nitrogen and oxygen atoms in total. The minimum Gasteiger partial charge on any atom is -0.391 e. The number of hydrogen-bond acceptors (Lipinski definition) is 3. The number of aliphatic hydroxyl groups excluding tert-OH is 1. The molecule has 1 aliphatic carbocycles. The van der Waals surface area contributed by atoms with E-state index < -0.39 is 11.7 Å². The van der Waals surface area contributed by atoms with E-state index in [4.69, 9.17) is 4.52 Å². The third kappa shape index (κ3) is 3.16. The van der Waals surface area contributed by atoms with Gasteiger partial charge in [-0.15, -0.1) is 0 Å². The van der Waals surface area contributed by atoms with Crippen molar-refractivity contribution < 1.29 is 22.8 Å². The number of alkyl halides is 3. The van der Waals surface area contributed by atoms with Crippen molar-refractivity contribution >= 4 is 0 Å². The van der Waals surface area contributed by atoms with Crippen LogP contribution in [-0.4, -0.2) is 10.3 Å². The van der Waals surface area contributed by atoms with Gasteiger partial charge in [0.25, 0.3) is 0 Å². The van der Waals surface area contributed by atoms with Crippen molar-refractivity contribution in [3.63, 3.8) is 0 Å². The van der Waals surface area contributed by atoms with Crippen molar-refractivity contribution in [3.8, 4) is 11.3 Å². The van der Waals surface area contributed by atoms with Crippen LogP contribution in [0.3, 0.4) is 0 Å². The van der Waals surface area contributed by atoms with E-state index >= 15 is 0 Å². The second-order valence-corrected chi connectivity index (χ2v) is 4.85. The normalized spacial score (nSPS) is 14.5. The second-order valence-electron chi connectivity index (χ2n) is 4.85. The highest BCUT2D eigenvalue weighted by Gasteiger charge is 2.37. The first-order chi connectivity index (χ1) is 10.5. The van der Waals surface area contributed by atoms with Gasteiger partial charge in [0, 0.05) is 17.0 Å². The average molecular weight is 313 g/mol. The molecule has 0 radical (unpaired) electrons. The molecule has 120 valence electrons. The van der Waals surface area contributed by atoms with Crippen LogP contribution in [0.15, 0.2) is 28.8 Å². The van der Waals surface area contributed by atoms with Gasteiger partial charge in [-0.05, 0) is 18.9 Å². The summed E-state index contributed by atoms with van der Waals surface area (Å²) in [4.78, 5) is 0. The molecular weight excluding hydrogens is 295 g/mol. The van der Waals surface area contributed by atoms with Crippen molar-refractivity contribution in [2.75, 3.05) is 0 Å². The van der Waals surface area contributed by atoms with Gasteiger partial charge in [0.1, 0.15) is 11.5 Å². The van der Waals surface area contributed by atoms with Gasteiger partial charge in [0.05, 0.1) is 12.2 Å². The van der Waals surface area contributed by atoms with Gasteiger partial charge < -0.3 is 9.63 Å². The Bertz CT molecular complexity index is 631. The number of halogens is 3. The van der Waals surface area contributed by atoms with E-state index in [1.165, 1.54) is 18.2 Å². The number of rotatable bonds is 3. The van der Waals surface area contributed by atoms with Crippen molar-refractivity contribution in [1.29, 1.82) is 0 Å². The van der Waals surface area contributed by atoms with Crippen LogP contribution in [0.5, 0.6) is 0 Å². The lowest BCUT2D eigenvalue weighted by Gasteiger charge is -2.11. The predicted octanol–water partition coefficient (Wildman–Crippen LogP) is 4.76. The Morgan fingerprint density at radius 3 is 2.41 bits per heavy atom. The molecule has 0 aliphatic heterocycles. The second kappa shape index (κ2) is 6.52. The summed E-state index contributed by atoms with van der Waals surface area (Å²) in [5.41, 5.74) is -0.378. The van der Waals surface area contributed by atoms with Crippen LogP contribution in [0.4, 0.5) is 13.2 Å². The van der Waals surface area contributed by atoms with Gasteiger partial charge >= 0.3 is 6.18 Å². The molecule has 1 aromatic carbocycles. The highest BCUT2D eigenvalue weighted by molar-refractivity contribution is 5.68. The lowest BCUT2D eigenvalue weighted by molar-refractivity contribution is -0.137. The van der Waals surface area contributed by atoms with Crippen molar-refractivity contribution in [2.24, 2.45) is 0 Å². The molecule has 1 aromatic heterocycles. The van der Waals surface area contributed by atoms with Crippen LogP contribution in [0.25, 0.3) is 11.3 Å². The molecule has 1 heterocycles. The molecule has 22 heavy (non-hydrogen) atoms.